The highest BCUT2D eigenvalue weighted by atomic mass is 79.9. The molecule has 1 aromatic carbocycles. The van der Waals surface area contributed by atoms with Crippen molar-refractivity contribution >= 4 is 37.6 Å². The van der Waals surface area contributed by atoms with E-state index < -0.39 is 0 Å². The lowest BCUT2D eigenvalue weighted by molar-refractivity contribution is 1.29. The molecule has 11 heavy (non-hydrogen) atoms. The Hall–Kier alpha value is 0.340. The molecular formula is C8H8BrClS. The maximum Gasteiger partial charge on any atom is 0.0283 e. The summed E-state index contributed by atoms with van der Waals surface area (Å²) in [6.07, 6.45) is 0. The zero-order valence-electron chi connectivity index (χ0n) is 6.10. The standard InChI is InChI=1S/C8H8BrClS/c1-6-2-7(5-9)4-8(3-6)11-10/h2-4H,5H2,1H3. The van der Waals surface area contributed by atoms with Gasteiger partial charge in [-0.2, -0.15) is 0 Å². The lowest BCUT2D eigenvalue weighted by atomic mass is 10.2. The van der Waals surface area contributed by atoms with Gasteiger partial charge in [0.1, 0.15) is 0 Å². The molecule has 0 atom stereocenters. The molecule has 0 heterocycles. The van der Waals surface area contributed by atoms with E-state index in [1.165, 1.54) is 22.1 Å². The lowest BCUT2D eigenvalue weighted by Crippen LogP contribution is -1.80. The van der Waals surface area contributed by atoms with Crippen LogP contribution in [0.15, 0.2) is 23.1 Å². The molecule has 0 nitrogen and oxygen atoms in total. The fourth-order valence-corrected chi connectivity index (χ4v) is 1.96. The fourth-order valence-electron chi connectivity index (χ4n) is 0.946. The molecule has 0 saturated carbocycles. The second-order valence-corrected chi connectivity index (χ2v) is 4.01. The topological polar surface area (TPSA) is 0 Å². The van der Waals surface area contributed by atoms with Crippen molar-refractivity contribution in [1.82, 2.24) is 0 Å². The zero-order valence-corrected chi connectivity index (χ0v) is 9.26. The van der Waals surface area contributed by atoms with Gasteiger partial charge in [-0.15, -0.1) is 0 Å². The van der Waals surface area contributed by atoms with Crippen molar-refractivity contribution in [3.63, 3.8) is 0 Å². The van der Waals surface area contributed by atoms with Crippen molar-refractivity contribution in [1.29, 1.82) is 0 Å². The monoisotopic (exact) mass is 250 g/mol. The summed E-state index contributed by atoms with van der Waals surface area (Å²) in [5.74, 6) is 0. The van der Waals surface area contributed by atoms with E-state index in [-0.39, 0.29) is 0 Å². The average molecular weight is 252 g/mol. The van der Waals surface area contributed by atoms with E-state index in [9.17, 15) is 0 Å². The molecule has 0 aliphatic heterocycles. The van der Waals surface area contributed by atoms with E-state index in [0.29, 0.717) is 0 Å². The lowest BCUT2D eigenvalue weighted by Gasteiger charge is -2.00. The Balaban J connectivity index is 3.02. The summed E-state index contributed by atoms with van der Waals surface area (Å²) in [5.41, 5.74) is 2.53. The highest BCUT2D eigenvalue weighted by molar-refractivity contribution is 9.08. The van der Waals surface area contributed by atoms with Crippen LogP contribution in [0.1, 0.15) is 11.1 Å². The molecule has 0 amide bonds. The number of rotatable bonds is 2. The number of halogens is 2. The quantitative estimate of drug-likeness (QED) is 0.712. The molecule has 3 heteroatoms. The first-order valence-electron chi connectivity index (χ1n) is 3.21. The normalized spacial score (nSPS) is 10.1. The molecule has 0 bridgehead atoms. The van der Waals surface area contributed by atoms with E-state index in [2.05, 4.69) is 41.1 Å². The molecule has 60 valence electrons. The summed E-state index contributed by atoms with van der Waals surface area (Å²) in [6, 6.07) is 6.30. The van der Waals surface area contributed by atoms with Crippen molar-refractivity contribution in [3.8, 4) is 0 Å². The van der Waals surface area contributed by atoms with Gasteiger partial charge in [-0.05, 0) is 51.8 Å². The SMILES string of the molecule is Cc1cc(CBr)cc(SCl)c1. The van der Waals surface area contributed by atoms with Gasteiger partial charge >= 0.3 is 0 Å². The molecule has 0 aliphatic rings. The van der Waals surface area contributed by atoms with Crippen molar-refractivity contribution < 1.29 is 0 Å². The van der Waals surface area contributed by atoms with Crippen LogP contribution in [0.5, 0.6) is 0 Å². The molecule has 0 aliphatic carbocycles. The van der Waals surface area contributed by atoms with Gasteiger partial charge in [-0.3, -0.25) is 0 Å². The highest BCUT2D eigenvalue weighted by Crippen LogP contribution is 2.24. The Morgan fingerprint density at radius 1 is 1.45 bits per heavy atom. The van der Waals surface area contributed by atoms with Gasteiger partial charge < -0.3 is 0 Å². The Kier molecular flexibility index (Phi) is 3.76. The van der Waals surface area contributed by atoms with Crippen LogP contribution >= 0.6 is 37.6 Å². The van der Waals surface area contributed by atoms with Crippen LogP contribution in [-0.2, 0) is 5.33 Å². The second kappa shape index (κ2) is 4.39. The van der Waals surface area contributed by atoms with Crippen LogP contribution in [0.2, 0.25) is 0 Å². The van der Waals surface area contributed by atoms with Crippen molar-refractivity contribution in [2.45, 2.75) is 17.1 Å². The number of alkyl halides is 1. The fraction of sp³-hybridized carbons (Fsp3) is 0.250. The first-order chi connectivity index (χ1) is 5.26. The third-order valence-electron chi connectivity index (χ3n) is 1.35. The van der Waals surface area contributed by atoms with Gasteiger partial charge in [0, 0.05) is 10.2 Å². The third kappa shape index (κ3) is 2.69. The first kappa shape index (κ1) is 9.43. The Bertz CT molecular complexity index is 228. The van der Waals surface area contributed by atoms with Gasteiger partial charge in [-0.1, -0.05) is 22.0 Å². The van der Waals surface area contributed by atoms with Crippen molar-refractivity contribution in [2.24, 2.45) is 0 Å². The van der Waals surface area contributed by atoms with Gasteiger partial charge in [-0.25, -0.2) is 0 Å². The minimum atomic E-state index is 0.888. The predicted molar refractivity (Wildman–Crippen MR) is 55.5 cm³/mol. The van der Waals surface area contributed by atoms with E-state index in [0.717, 1.165) is 10.2 Å². The molecule has 1 rings (SSSR count). The van der Waals surface area contributed by atoms with Gasteiger partial charge in [0.2, 0.25) is 0 Å². The Labute approximate surface area is 84.0 Å². The highest BCUT2D eigenvalue weighted by Gasteiger charge is 1.96. The largest absolute Gasteiger partial charge is 0.0876 e. The van der Waals surface area contributed by atoms with Crippen molar-refractivity contribution in [3.05, 3.63) is 29.3 Å². The van der Waals surface area contributed by atoms with E-state index in [4.69, 9.17) is 10.7 Å². The molecule has 0 radical (unpaired) electrons. The van der Waals surface area contributed by atoms with E-state index >= 15 is 0 Å². The zero-order chi connectivity index (χ0) is 8.27. The smallest absolute Gasteiger partial charge is 0.0283 e. The van der Waals surface area contributed by atoms with Crippen LogP contribution in [0.3, 0.4) is 0 Å². The number of hydrogen-bond donors (Lipinski definition) is 0. The predicted octanol–water partition coefficient (Wildman–Crippen LogP) is 4.14. The summed E-state index contributed by atoms with van der Waals surface area (Å²) in [7, 11) is 6.89. The summed E-state index contributed by atoms with van der Waals surface area (Å²) in [6.45, 7) is 2.07. The first-order valence-corrected chi connectivity index (χ1v) is 5.98. The maximum absolute atomic E-state index is 5.63. The minimum Gasteiger partial charge on any atom is -0.0876 e. The van der Waals surface area contributed by atoms with Gasteiger partial charge in [0.15, 0.2) is 0 Å². The van der Waals surface area contributed by atoms with Gasteiger partial charge in [0.05, 0.1) is 0 Å². The Morgan fingerprint density at radius 3 is 2.73 bits per heavy atom. The molecule has 0 fully saturated rings. The number of aryl methyl sites for hydroxylation is 1. The van der Waals surface area contributed by atoms with Crippen molar-refractivity contribution in [2.75, 3.05) is 0 Å². The second-order valence-electron chi connectivity index (χ2n) is 2.37. The summed E-state index contributed by atoms with van der Waals surface area (Å²) >= 11 is 3.40. The number of benzene rings is 1. The summed E-state index contributed by atoms with van der Waals surface area (Å²) < 4.78 is 0. The van der Waals surface area contributed by atoms with Crippen LogP contribution in [0.25, 0.3) is 0 Å². The summed E-state index contributed by atoms with van der Waals surface area (Å²) in [5, 5.41) is 0.888. The van der Waals surface area contributed by atoms with Gasteiger partial charge in [0.25, 0.3) is 0 Å². The molecule has 0 N–H and O–H groups in total. The maximum atomic E-state index is 5.63. The molecule has 0 spiro atoms. The molecule has 0 saturated heterocycles. The third-order valence-corrected chi connectivity index (χ3v) is 2.95. The molecular weight excluding hydrogens is 244 g/mol. The summed E-state index contributed by atoms with van der Waals surface area (Å²) in [4.78, 5) is 1.11. The van der Waals surface area contributed by atoms with Crippen LogP contribution in [-0.4, -0.2) is 0 Å². The average Bonchev–Trinajstić information content (AvgIpc) is 2.03. The molecule has 0 aromatic heterocycles. The van der Waals surface area contributed by atoms with Crippen LogP contribution < -0.4 is 0 Å². The Morgan fingerprint density at radius 2 is 2.18 bits per heavy atom. The molecule has 0 unspecified atom stereocenters. The molecule has 1 aromatic rings. The minimum absolute atomic E-state index is 0.888. The van der Waals surface area contributed by atoms with E-state index in [1.54, 1.807) is 0 Å². The van der Waals surface area contributed by atoms with E-state index in [1.807, 2.05) is 0 Å². The number of hydrogen-bond acceptors (Lipinski definition) is 1. The van der Waals surface area contributed by atoms with Crippen LogP contribution in [0, 0.1) is 6.92 Å². The van der Waals surface area contributed by atoms with Crippen LogP contribution in [0.4, 0.5) is 0 Å².